The molecule has 0 aliphatic rings. The van der Waals surface area contributed by atoms with E-state index in [1.807, 2.05) is 24.3 Å². The van der Waals surface area contributed by atoms with Crippen LogP contribution in [0.1, 0.15) is 39.2 Å². The van der Waals surface area contributed by atoms with Crippen molar-refractivity contribution in [3.05, 3.63) is 34.9 Å². The Morgan fingerprint density at radius 2 is 1.77 bits per heavy atom. The van der Waals surface area contributed by atoms with Crippen molar-refractivity contribution in [2.75, 3.05) is 6.54 Å². The van der Waals surface area contributed by atoms with Gasteiger partial charge < -0.3 is 16.4 Å². The number of amides is 3. The van der Waals surface area contributed by atoms with E-state index >= 15 is 0 Å². The number of carbonyl (C=O) groups is 2. The smallest absolute Gasteiger partial charge is 0.312 e. The molecule has 4 N–H and O–H groups in total. The Hall–Kier alpha value is -1.75. The van der Waals surface area contributed by atoms with Crippen molar-refractivity contribution in [2.45, 2.75) is 45.1 Å². The van der Waals surface area contributed by atoms with Gasteiger partial charge in [-0.05, 0) is 37.5 Å². The Kier molecular flexibility index (Phi) is 6.68. The van der Waals surface area contributed by atoms with Crippen molar-refractivity contribution in [1.29, 1.82) is 0 Å². The highest BCUT2D eigenvalue weighted by molar-refractivity contribution is 6.30. The maximum absolute atomic E-state index is 12.0. The van der Waals surface area contributed by atoms with E-state index in [-0.39, 0.29) is 11.3 Å². The number of benzene rings is 1. The van der Waals surface area contributed by atoms with Crippen LogP contribution in [-0.4, -0.2) is 24.5 Å². The van der Waals surface area contributed by atoms with Crippen LogP contribution in [0.25, 0.3) is 0 Å². The Bertz CT molecular complexity index is 513. The normalized spacial score (nSPS) is 12.5. The van der Waals surface area contributed by atoms with Crippen molar-refractivity contribution < 1.29 is 9.59 Å². The minimum atomic E-state index is -0.711. The van der Waals surface area contributed by atoms with E-state index in [0.717, 1.165) is 18.4 Å². The van der Waals surface area contributed by atoms with E-state index in [0.29, 0.717) is 11.6 Å². The molecule has 0 aromatic heterocycles. The van der Waals surface area contributed by atoms with Gasteiger partial charge in [0.05, 0.1) is 0 Å². The van der Waals surface area contributed by atoms with Gasteiger partial charge in [0.25, 0.3) is 0 Å². The van der Waals surface area contributed by atoms with Gasteiger partial charge in [-0.15, -0.1) is 0 Å². The van der Waals surface area contributed by atoms with Crippen LogP contribution in [0.2, 0.25) is 5.02 Å². The number of carbonyl (C=O) groups excluding carboxylic acids is 2. The highest BCUT2D eigenvalue weighted by Gasteiger charge is 2.29. The average Bonchev–Trinajstić information content (AvgIpc) is 2.49. The molecular weight excluding hydrogens is 302 g/mol. The minimum absolute atomic E-state index is 0.160. The van der Waals surface area contributed by atoms with E-state index < -0.39 is 12.1 Å². The third-order valence-electron chi connectivity index (χ3n) is 4.16. The van der Waals surface area contributed by atoms with E-state index in [1.54, 1.807) is 6.92 Å². The van der Waals surface area contributed by atoms with Crippen molar-refractivity contribution in [1.82, 2.24) is 10.6 Å². The molecule has 1 aromatic rings. The van der Waals surface area contributed by atoms with E-state index in [2.05, 4.69) is 24.5 Å². The number of nitrogens with one attached hydrogen (secondary N) is 2. The number of hydrogen-bond acceptors (Lipinski definition) is 2. The standard InChI is InChI=1S/C16H24ClN3O2/c1-4-16(5-2,12-6-8-13(17)9-7-12)10-19-14(21)11(3)20-15(18)22/h6-9,11H,4-5,10H2,1-3H3,(H,19,21)(H3,18,20,22). The Morgan fingerprint density at radius 3 is 2.23 bits per heavy atom. The first kappa shape index (κ1) is 18.3. The summed E-state index contributed by atoms with van der Waals surface area (Å²) in [4.78, 5) is 22.8. The second-order valence-corrected chi connectivity index (χ2v) is 5.88. The molecule has 1 aromatic carbocycles. The number of primary amides is 1. The quantitative estimate of drug-likeness (QED) is 0.720. The van der Waals surface area contributed by atoms with Gasteiger partial charge in [0.15, 0.2) is 0 Å². The summed E-state index contributed by atoms with van der Waals surface area (Å²) in [5, 5.41) is 5.96. The van der Waals surface area contributed by atoms with Crippen LogP contribution in [0.4, 0.5) is 4.79 Å². The number of nitrogens with two attached hydrogens (primary N) is 1. The van der Waals surface area contributed by atoms with Crippen molar-refractivity contribution >= 4 is 23.5 Å². The van der Waals surface area contributed by atoms with Crippen LogP contribution in [-0.2, 0) is 10.2 Å². The van der Waals surface area contributed by atoms with Crippen LogP contribution in [0, 0.1) is 0 Å². The van der Waals surface area contributed by atoms with E-state index in [9.17, 15) is 9.59 Å². The monoisotopic (exact) mass is 325 g/mol. The van der Waals surface area contributed by atoms with Gasteiger partial charge in [-0.3, -0.25) is 4.79 Å². The second-order valence-electron chi connectivity index (χ2n) is 5.44. The van der Waals surface area contributed by atoms with Gasteiger partial charge in [0, 0.05) is 17.0 Å². The molecule has 0 aliphatic heterocycles. The van der Waals surface area contributed by atoms with Crippen LogP contribution in [0.15, 0.2) is 24.3 Å². The lowest BCUT2D eigenvalue weighted by Gasteiger charge is -2.33. The zero-order chi connectivity index (χ0) is 16.8. The zero-order valence-electron chi connectivity index (χ0n) is 13.3. The van der Waals surface area contributed by atoms with Gasteiger partial charge in [-0.2, -0.15) is 0 Å². The first-order valence-corrected chi connectivity index (χ1v) is 7.82. The molecule has 1 rings (SSSR count). The highest BCUT2D eigenvalue weighted by atomic mass is 35.5. The first-order valence-electron chi connectivity index (χ1n) is 7.44. The maximum atomic E-state index is 12.0. The molecule has 0 saturated heterocycles. The molecule has 0 saturated carbocycles. The maximum Gasteiger partial charge on any atom is 0.312 e. The summed E-state index contributed by atoms with van der Waals surface area (Å²) in [6, 6.07) is 6.33. The molecule has 0 aliphatic carbocycles. The van der Waals surface area contributed by atoms with Crippen LogP contribution in [0.3, 0.4) is 0 Å². The van der Waals surface area contributed by atoms with E-state index in [1.165, 1.54) is 0 Å². The first-order chi connectivity index (χ1) is 10.3. The number of halogens is 1. The predicted molar refractivity (Wildman–Crippen MR) is 88.9 cm³/mol. The lowest BCUT2D eigenvalue weighted by molar-refractivity contribution is -0.122. The molecule has 0 fully saturated rings. The van der Waals surface area contributed by atoms with Gasteiger partial charge in [0.1, 0.15) is 6.04 Å². The molecule has 0 radical (unpaired) electrons. The molecule has 22 heavy (non-hydrogen) atoms. The molecule has 0 spiro atoms. The summed E-state index contributed by atoms with van der Waals surface area (Å²) >= 11 is 5.94. The molecule has 0 heterocycles. The SMILES string of the molecule is CCC(CC)(CNC(=O)C(C)NC(N)=O)c1ccc(Cl)cc1. The lowest BCUT2D eigenvalue weighted by Crippen LogP contribution is -2.49. The second kappa shape index (κ2) is 8.03. The summed E-state index contributed by atoms with van der Waals surface area (Å²) < 4.78 is 0. The van der Waals surface area contributed by atoms with Crippen LogP contribution < -0.4 is 16.4 Å². The molecule has 5 nitrogen and oxygen atoms in total. The Labute approximate surface area is 136 Å². The number of rotatable bonds is 7. The highest BCUT2D eigenvalue weighted by Crippen LogP contribution is 2.31. The molecule has 1 unspecified atom stereocenters. The van der Waals surface area contributed by atoms with E-state index in [4.69, 9.17) is 17.3 Å². The fourth-order valence-corrected chi connectivity index (χ4v) is 2.63. The van der Waals surface area contributed by atoms with Gasteiger partial charge in [0.2, 0.25) is 5.91 Å². The third-order valence-corrected chi connectivity index (χ3v) is 4.42. The van der Waals surface area contributed by atoms with Gasteiger partial charge >= 0.3 is 6.03 Å². The summed E-state index contributed by atoms with van der Waals surface area (Å²) in [5.74, 6) is -0.251. The van der Waals surface area contributed by atoms with Crippen LogP contribution in [0.5, 0.6) is 0 Å². The van der Waals surface area contributed by atoms with Crippen molar-refractivity contribution in [2.24, 2.45) is 5.73 Å². The summed E-state index contributed by atoms with van der Waals surface area (Å²) in [6.07, 6.45) is 1.76. The molecule has 1 atom stereocenters. The minimum Gasteiger partial charge on any atom is -0.353 e. The predicted octanol–water partition coefficient (Wildman–Crippen LogP) is 2.57. The largest absolute Gasteiger partial charge is 0.353 e. The zero-order valence-corrected chi connectivity index (χ0v) is 14.0. The number of hydrogen-bond donors (Lipinski definition) is 3. The topological polar surface area (TPSA) is 84.2 Å². The molecular formula is C16H24ClN3O2. The van der Waals surface area contributed by atoms with Gasteiger partial charge in [-0.25, -0.2) is 4.79 Å². The lowest BCUT2D eigenvalue weighted by atomic mass is 9.75. The molecule has 122 valence electrons. The van der Waals surface area contributed by atoms with Crippen molar-refractivity contribution in [3.8, 4) is 0 Å². The fraction of sp³-hybridized carbons (Fsp3) is 0.500. The summed E-state index contributed by atoms with van der Waals surface area (Å²) in [7, 11) is 0. The molecule has 6 heteroatoms. The molecule has 3 amide bonds. The fourth-order valence-electron chi connectivity index (χ4n) is 2.50. The van der Waals surface area contributed by atoms with Crippen LogP contribution >= 0.6 is 11.6 Å². The summed E-state index contributed by atoms with van der Waals surface area (Å²) in [5.41, 5.74) is 6.00. The number of urea groups is 1. The van der Waals surface area contributed by atoms with Gasteiger partial charge in [-0.1, -0.05) is 37.6 Å². The summed E-state index contributed by atoms with van der Waals surface area (Å²) in [6.45, 7) is 6.28. The Morgan fingerprint density at radius 1 is 1.23 bits per heavy atom. The van der Waals surface area contributed by atoms with Crippen molar-refractivity contribution in [3.63, 3.8) is 0 Å². The third kappa shape index (κ3) is 4.63. The average molecular weight is 326 g/mol. The Balaban J connectivity index is 2.82. The molecule has 0 bridgehead atoms.